The summed E-state index contributed by atoms with van der Waals surface area (Å²) in [6.45, 7) is 2.06. The number of hydrogen-bond acceptors (Lipinski definition) is 3. The van der Waals surface area contributed by atoms with Crippen molar-refractivity contribution in [3.63, 3.8) is 0 Å². The molecule has 0 fully saturated rings. The molecule has 0 spiro atoms. The zero-order valence-electron chi connectivity index (χ0n) is 12.0. The molecule has 110 valence electrons. The van der Waals surface area contributed by atoms with Crippen molar-refractivity contribution < 1.29 is 9.59 Å². The highest BCUT2D eigenvalue weighted by Crippen LogP contribution is 2.18. The number of nitrogens with zero attached hydrogens (tertiary/aromatic N) is 2. The number of pyridine rings is 1. The van der Waals surface area contributed by atoms with Crippen LogP contribution in [0.5, 0.6) is 0 Å². The van der Waals surface area contributed by atoms with Gasteiger partial charge in [-0.05, 0) is 18.1 Å². The van der Waals surface area contributed by atoms with E-state index in [1.807, 2.05) is 12.1 Å². The molecule has 1 heterocycles. The van der Waals surface area contributed by atoms with Crippen LogP contribution >= 0.6 is 0 Å². The topological polar surface area (TPSA) is 88.3 Å². The highest BCUT2D eigenvalue weighted by Gasteiger charge is 2.16. The predicted octanol–water partition coefficient (Wildman–Crippen LogP) is 1.44. The third-order valence-electron chi connectivity index (χ3n) is 3.03. The Morgan fingerprint density at radius 2 is 2.25 bits per heavy atom. The summed E-state index contributed by atoms with van der Waals surface area (Å²) < 4.78 is 0. The largest absolute Gasteiger partial charge is 0.351 e. The molecule has 1 rings (SSSR count). The first kappa shape index (κ1) is 15.9. The molecule has 3 N–H and O–H groups in total. The Bertz CT molecular complexity index is 436. The maximum absolute atomic E-state index is 11.9. The highest BCUT2D eigenvalue weighted by molar-refractivity contribution is 5.83. The lowest BCUT2D eigenvalue weighted by Gasteiger charge is -2.21. The summed E-state index contributed by atoms with van der Waals surface area (Å²) in [5.74, 6) is -0.226. The van der Waals surface area contributed by atoms with Gasteiger partial charge in [0.25, 0.3) is 0 Å². The third-order valence-corrected chi connectivity index (χ3v) is 3.03. The second-order valence-corrected chi connectivity index (χ2v) is 4.74. The number of amides is 3. The van der Waals surface area contributed by atoms with E-state index in [2.05, 4.69) is 17.2 Å². The first-order valence-corrected chi connectivity index (χ1v) is 6.74. The second-order valence-electron chi connectivity index (χ2n) is 4.74. The van der Waals surface area contributed by atoms with E-state index in [0.29, 0.717) is 0 Å². The van der Waals surface area contributed by atoms with E-state index in [1.54, 1.807) is 12.4 Å². The predicted molar refractivity (Wildman–Crippen MR) is 76.9 cm³/mol. The van der Waals surface area contributed by atoms with Crippen LogP contribution in [0.15, 0.2) is 24.5 Å². The Balaban J connectivity index is 2.65. The molecule has 0 radical (unpaired) electrons. The van der Waals surface area contributed by atoms with Gasteiger partial charge >= 0.3 is 6.03 Å². The van der Waals surface area contributed by atoms with Crippen LogP contribution in [0.3, 0.4) is 0 Å². The lowest BCUT2D eigenvalue weighted by molar-refractivity contribution is -0.122. The third kappa shape index (κ3) is 5.26. The molecule has 0 aliphatic heterocycles. The van der Waals surface area contributed by atoms with Crippen LogP contribution in [0.1, 0.15) is 37.8 Å². The van der Waals surface area contributed by atoms with Crippen molar-refractivity contribution in [2.75, 3.05) is 13.6 Å². The standard InChI is InChI=1S/C14H22N4O2/c1-3-4-7-12(11-6-5-8-16-9-11)17-13(19)10-18(2)14(15)20/h5-6,8-9,12H,3-4,7,10H2,1-2H3,(H2,15,20)(H,17,19)/t12-/m1/s1. The number of aromatic nitrogens is 1. The summed E-state index contributed by atoms with van der Waals surface area (Å²) in [5, 5.41) is 2.93. The van der Waals surface area contributed by atoms with Gasteiger partial charge in [-0.1, -0.05) is 25.8 Å². The van der Waals surface area contributed by atoms with Crippen molar-refractivity contribution >= 4 is 11.9 Å². The molecule has 0 unspecified atom stereocenters. The lowest BCUT2D eigenvalue weighted by atomic mass is 10.0. The Labute approximate surface area is 119 Å². The molecular formula is C14H22N4O2. The van der Waals surface area contributed by atoms with E-state index in [0.717, 1.165) is 24.8 Å². The Hall–Kier alpha value is -2.11. The molecule has 6 nitrogen and oxygen atoms in total. The Kier molecular flexibility index (Phi) is 6.49. The zero-order chi connectivity index (χ0) is 15.0. The fourth-order valence-corrected chi connectivity index (χ4v) is 1.85. The van der Waals surface area contributed by atoms with Crippen molar-refractivity contribution in [2.45, 2.75) is 32.2 Å². The minimum atomic E-state index is -0.619. The fourth-order valence-electron chi connectivity index (χ4n) is 1.85. The molecule has 3 amide bonds. The quantitative estimate of drug-likeness (QED) is 0.791. The van der Waals surface area contributed by atoms with Crippen LogP contribution in [-0.4, -0.2) is 35.4 Å². The smallest absolute Gasteiger partial charge is 0.314 e. The molecule has 0 aliphatic carbocycles. The van der Waals surface area contributed by atoms with E-state index < -0.39 is 6.03 Å². The molecule has 1 atom stereocenters. The molecule has 0 bridgehead atoms. The van der Waals surface area contributed by atoms with Gasteiger partial charge in [-0.3, -0.25) is 9.78 Å². The number of nitrogens with one attached hydrogen (secondary N) is 1. The molecule has 0 aromatic carbocycles. The van der Waals surface area contributed by atoms with Crippen molar-refractivity contribution in [3.8, 4) is 0 Å². The number of hydrogen-bond donors (Lipinski definition) is 2. The number of carbonyl (C=O) groups is 2. The van der Waals surface area contributed by atoms with E-state index in [9.17, 15) is 9.59 Å². The summed E-state index contributed by atoms with van der Waals surface area (Å²) in [5.41, 5.74) is 6.07. The van der Waals surface area contributed by atoms with Gasteiger partial charge < -0.3 is 16.0 Å². The van der Waals surface area contributed by atoms with Gasteiger partial charge in [0, 0.05) is 19.4 Å². The van der Waals surface area contributed by atoms with E-state index in [4.69, 9.17) is 5.73 Å². The average molecular weight is 278 g/mol. The normalized spacial score (nSPS) is 11.7. The number of unbranched alkanes of at least 4 members (excludes halogenated alkanes) is 1. The van der Waals surface area contributed by atoms with Crippen LogP contribution in [0, 0.1) is 0 Å². The van der Waals surface area contributed by atoms with E-state index in [-0.39, 0.29) is 18.5 Å². The van der Waals surface area contributed by atoms with Gasteiger partial charge in [0.05, 0.1) is 6.04 Å². The van der Waals surface area contributed by atoms with Gasteiger partial charge in [-0.15, -0.1) is 0 Å². The summed E-state index contributed by atoms with van der Waals surface area (Å²) in [4.78, 5) is 28.1. The van der Waals surface area contributed by atoms with Crippen LogP contribution < -0.4 is 11.1 Å². The molecule has 0 aliphatic rings. The maximum atomic E-state index is 11.9. The minimum Gasteiger partial charge on any atom is -0.351 e. The summed E-state index contributed by atoms with van der Waals surface area (Å²) >= 11 is 0. The SMILES string of the molecule is CCCC[C@@H](NC(=O)CN(C)C(N)=O)c1cccnc1. The zero-order valence-corrected chi connectivity index (χ0v) is 12.0. The number of likely N-dealkylation sites (N-methyl/N-ethyl adjacent to an activating group) is 1. The molecule has 1 aromatic rings. The van der Waals surface area contributed by atoms with Crippen molar-refractivity contribution in [1.29, 1.82) is 0 Å². The van der Waals surface area contributed by atoms with Gasteiger partial charge in [0.15, 0.2) is 0 Å². The first-order valence-electron chi connectivity index (χ1n) is 6.74. The molecule has 0 saturated carbocycles. The van der Waals surface area contributed by atoms with Crippen LogP contribution in [0.2, 0.25) is 0 Å². The number of nitrogens with two attached hydrogens (primary N) is 1. The minimum absolute atomic E-state index is 0.0434. The molecule has 0 saturated heterocycles. The molecule has 6 heteroatoms. The molecule has 20 heavy (non-hydrogen) atoms. The number of carbonyl (C=O) groups excluding carboxylic acids is 2. The van der Waals surface area contributed by atoms with Crippen molar-refractivity contribution in [1.82, 2.24) is 15.2 Å². The van der Waals surface area contributed by atoms with Gasteiger partial charge in [-0.25, -0.2) is 4.79 Å². The first-order chi connectivity index (χ1) is 9.54. The van der Waals surface area contributed by atoms with Crippen LogP contribution in [0.4, 0.5) is 4.79 Å². The summed E-state index contributed by atoms with van der Waals surface area (Å²) in [7, 11) is 1.49. The number of primary amides is 1. The Morgan fingerprint density at radius 3 is 2.80 bits per heavy atom. The molecule has 1 aromatic heterocycles. The lowest BCUT2D eigenvalue weighted by Crippen LogP contribution is -2.41. The van der Waals surface area contributed by atoms with Crippen molar-refractivity contribution in [3.05, 3.63) is 30.1 Å². The van der Waals surface area contributed by atoms with Gasteiger partial charge in [0.2, 0.25) is 5.91 Å². The molecular weight excluding hydrogens is 256 g/mol. The van der Waals surface area contributed by atoms with E-state index in [1.165, 1.54) is 11.9 Å². The van der Waals surface area contributed by atoms with Crippen LogP contribution in [0.25, 0.3) is 0 Å². The summed E-state index contributed by atoms with van der Waals surface area (Å²) in [6, 6.07) is 3.07. The Morgan fingerprint density at radius 1 is 1.50 bits per heavy atom. The number of urea groups is 1. The average Bonchev–Trinajstić information content (AvgIpc) is 2.44. The highest BCUT2D eigenvalue weighted by atomic mass is 16.2. The fraction of sp³-hybridized carbons (Fsp3) is 0.500. The number of rotatable bonds is 7. The van der Waals surface area contributed by atoms with E-state index >= 15 is 0 Å². The van der Waals surface area contributed by atoms with Gasteiger partial charge in [-0.2, -0.15) is 0 Å². The van der Waals surface area contributed by atoms with Crippen LogP contribution in [-0.2, 0) is 4.79 Å². The monoisotopic (exact) mass is 278 g/mol. The maximum Gasteiger partial charge on any atom is 0.314 e. The summed E-state index contributed by atoms with van der Waals surface area (Å²) in [6.07, 6.45) is 6.34. The van der Waals surface area contributed by atoms with Gasteiger partial charge in [0.1, 0.15) is 6.54 Å². The van der Waals surface area contributed by atoms with Crippen molar-refractivity contribution in [2.24, 2.45) is 5.73 Å². The second kappa shape index (κ2) is 8.14.